The lowest BCUT2D eigenvalue weighted by Gasteiger charge is -2.11. The molecule has 4 nitrogen and oxygen atoms in total. The zero-order valence-electron chi connectivity index (χ0n) is 12.0. The number of nitrogens with zero attached hydrogens (tertiary/aromatic N) is 3. The summed E-state index contributed by atoms with van der Waals surface area (Å²) in [5.74, 6) is 0.00339. The van der Waals surface area contributed by atoms with Crippen LogP contribution in [0.25, 0.3) is 0 Å². The monoisotopic (exact) mass is 345 g/mol. The van der Waals surface area contributed by atoms with Gasteiger partial charge in [0.05, 0.1) is 5.69 Å². The first kappa shape index (κ1) is 15.4. The van der Waals surface area contributed by atoms with Gasteiger partial charge in [0.15, 0.2) is 5.78 Å². The van der Waals surface area contributed by atoms with E-state index in [-0.39, 0.29) is 12.2 Å². The van der Waals surface area contributed by atoms with E-state index in [1.807, 2.05) is 43.3 Å². The molecular weight excluding hydrogens is 330 g/mol. The number of anilines is 1. The molecule has 0 atom stereocenters. The molecule has 0 aliphatic heterocycles. The van der Waals surface area contributed by atoms with Gasteiger partial charge >= 0.3 is 0 Å². The van der Waals surface area contributed by atoms with Crippen LogP contribution in [0.4, 0.5) is 11.4 Å². The van der Waals surface area contributed by atoms with Gasteiger partial charge < -0.3 is 4.90 Å². The van der Waals surface area contributed by atoms with Crippen molar-refractivity contribution in [3.8, 4) is 0 Å². The van der Waals surface area contributed by atoms with Crippen LogP contribution in [0, 0.1) is 0 Å². The lowest BCUT2D eigenvalue weighted by Crippen LogP contribution is -2.07. The molecule has 0 unspecified atom stereocenters. The fourth-order valence-corrected chi connectivity index (χ4v) is 1.96. The highest BCUT2D eigenvalue weighted by atomic mass is 79.9. The number of halogens is 1. The van der Waals surface area contributed by atoms with Crippen molar-refractivity contribution in [3.63, 3.8) is 0 Å². The first-order valence-electron chi connectivity index (χ1n) is 6.51. The molecule has 0 spiro atoms. The van der Waals surface area contributed by atoms with Gasteiger partial charge in [-0.15, -0.1) is 0 Å². The standard InChI is InChI=1S/C16H16BrN3O/c1-20(2)14-6-4-13(5-7-14)18-10-9-15(21)12-3-8-16(17)19-11-12/h3-8,10-11H,9H2,1-2H3. The van der Waals surface area contributed by atoms with Gasteiger partial charge in [0.25, 0.3) is 0 Å². The van der Waals surface area contributed by atoms with Crippen molar-refractivity contribution < 1.29 is 4.79 Å². The predicted octanol–water partition coefficient (Wildman–Crippen LogP) is 3.89. The van der Waals surface area contributed by atoms with Crippen LogP contribution in [0.1, 0.15) is 16.8 Å². The molecule has 0 aliphatic carbocycles. The van der Waals surface area contributed by atoms with Crippen LogP contribution >= 0.6 is 15.9 Å². The second-order valence-corrected chi connectivity index (χ2v) is 5.53. The number of Topliss-reactive ketones (excluding diaryl/α,β-unsaturated/α-hetero) is 1. The van der Waals surface area contributed by atoms with E-state index in [1.54, 1.807) is 24.5 Å². The molecule has 21 heavy (non-hydrogen) atoms. The topological polar surface area (TPSA) is 45.6 Å². The van der Waals surface area contributed by atoms with Crippen molar-refractivity contribution in [2.24, 2.45) is 4.99 Å². The quantitative estimate of drug-likeness (QED) is 0.469. The highest BCUT2D eigenvalue weighted by molar-refractivity contribution is 9.10. The molecule has 2 rings (SSSR count). The van der Waals surface area contributed by atoms with Gasteiger partial charge in [0.1, 0.15) is 4.60 Å². The zero-order chi connectivity index (χ0) is 15.2. The second kappa shape index (κ2) is 7.13. The molecule has 2 aromatic rings. The number of carbonyl (C=O) groups is 1. The van der Waals surface area contributed by atoms with Crippen LogP contribution in [-0.4, -0.2) is 31.1 Å². The molecule has 1 aromatic heterocycles. The number of pyridine rings is 1. The van der Waals surface area contributed by atoms with Crippen LogP contribution in [0.2, 0.25) is 0 Å². The normalized spacial score (nSPS) is 10.8. The van der Waals surface area contributed by atoms with Crippen molar-refractivity contribution >= 4 is 39.3 Å². The Balaban J connectivity index is 1.95. The van der Waals surface area contributed by atoms with Crippen LogP contribution in [0.15, 0.2) is 52.2 Å². The Hall–Kier alpha value is -2.01. The van der Waals surface area contributed by atoms with Crippen LogP contribution in [0.3, 0.4) is 0 Å². The summed E-state index contributed by atoms with van der Waals surface area (Å²) in [5.41, 5.74) is 2.54. The smallest absolute Gasteiger partial charge is 0.169 e. The van der Waals surface area contributed by atoms with E-state index in [9.17, 15) is 4.79 Å². The maximum absolute atomic E-state index is 11.9. The van der Waals surface area contributed by atoms with Gasteiger partial charge in [-0.05, 0) is 52.3 Å². The van der Waals surface area contributed by atoms with Crippen molar-refractivity contribution in [1.82, 2.24) is 4.98 Å². The van der Waals surface area contributed by atoms with Gasteiger partial charge in [-0.3, -0.25) is 9.79 Å². The van der Waals surface area contributed by atoms with E-state index in [2.05, 4.69) is 25.9 Å². The van der Waals surface area contributed by atoms with E-state index in [4.69, 9.17) is 0 Å². The minimum Gasteiger partial charge on any atom is -0.378 e. The largest absolute Gasteiger partial charge is 0.378 e. The van der Waals surface area contributed by atoms with E-state index < -0.39 is 0 Å². The van der Waals surface area contributed by atoms with Gasteiger partial charge in [0, 0.05) is 44.2 Å². The highest BCUT2D eigenvalue weighted by Gasteiger charge is 2.04. The maximum atomic E-state index is 11.9. The molecule has 108 valence electrons. The van der Waals surface area contributed by atoms with Gasteiger partial charge in [0.2, 0.25) is 0 Å². The molecule has 1 heterocycles. The molecule has 0 fully saturated rings. The van der Waals surface area contributed by atoms with Crippen LogP contribution in [-0.2, 0) is 0 Å². The highest BCUT2D eigenvalue weighted by Crippen LogP contribution is 2.17. The fourth-order valence-electron chi connectivity index (χ4n) is 1.73. The van der Waals surface area contributed by atoms with Gasteiger partial charge in [-0.25, -0.2) is 4.98 Å². The van der Waals surface area contributed by atoms with E-state index in [0.717, 1.165) is 11.4 Å². The second-order valence-electron chi connectivity index (χ2n) is 4.72. The number of aliphatic imine (C=N–C) groups is 1. The molecule has 0 saturated carbocycles. The zero-order valence-corrected chi connectivity index (χ0v) is 13.5. The summed E-state index contributed by atoms with van der Waals surface area (Å²) in [6.45, 7) is 0. The Morgan fingerprint density at radius 3 is 2.52 bits per heavy atom. The van der Waals surface area contributed by atoms with Gasteiger partial charge in [-0.1, -0.05) is 0 Å². The van der Waals surface area contributed by atoms with Crippen molar-refractivity contribution in [2.45, 2.75) is 6.42 Å². The maximum Gasteiger partial charge on any atom is 0.169 e. The average molecular weight is 346 g/mol. The Kier molecular flexibility index (Phi) is 5.22. The number of carbonyl (C=O) groups excluding carboxylic acids is 1. The molecule has 0 amide bonds. The Morgan fingerprint density at radius 1 is 1.24 bits per heavy atom. The number of benzene rings is 1. The minimum absolute atomic E-state index is 0.00339. The number of hydrogen-bond donors (Lipinski definition) is 0. The fraction of sp³-hybridized carbons (Fsp3) is 0.188. The third-order valence-corrected chi connectivity index (χ3v) is 3.40. The Morgan fingerprint density at radius 2 is 1.95 bits per heavy atom. The van der Waals surface area contributed by atoms with E-state index in [0.29, 0.717) is 10.2 Å². The molecule has 5 heteroatoms. The van der Waals surface area contributed by atoms with Gasteiger partial charge in [-0.2, -0.15) is 0 Å². The molecule has 0 bridgehead atoms. The molecule has 1 aromatic carbocycles. The summed E-state index contributed by atoms with van der Waals surface area (Å²) < 4.78 is 0.716. The Labute approximate surface area is 132 Å². The SMILES string of the molecule is CN(C)c1ccc(N=CCC(=O)c2ccc(Br)nc2)cc1. The average Bonchev–Trinajstić information content (AvgIpc) is 2.48. The summed E-state index contributed by atoms with van der Waals surface area (Å²) >= 11 is 3.24. The predicted molar refractivity (Wildman–Crippen MR) is 89.8 cm³/mol. The third kappa shape index (κ3) is 4.49. The number of aromatic nitrogens is 1. The van der Waals surface area contributed by atoms with Crippen LogP contribution in [0.5, 0.6) is 0 Å². The van der Waals surface area contributed by atoms with Crippen molar-refractivity contribution in [1.29, 1.82) is 0 Å². The lowest BCUT2D eigenvalue weighted by atomic mass is 10.1. The summed E-state index contributed by atoms with van der Waals surface area (Å²) in [5, 5.41) is 0. The van der Waals surface area contributed by atoms with Crippen molar-refractivity contribution in [2.75, 3.05) is 19.0 Å². The summed E-state index contributed by atoms with van der Waals surface area (Å²) in [6, 6.07) is 11.3. The number of hydrogen-bond acceptors (Lipinski definition) is 4. The first-order chi connectivity index (χ1) is 10.1. The first-order valence-corrected chi connectivity index (χ1v) is 7.30. The molecule has 0 aliphatic rings. The Bertz CT molecular complexity index is 634. The van der Waals surface area contributed by atoms with E-state index in [1.165, 1.54) is 0 Å². The minimum atomic E-state index is 0.00339. The van der Waals surface area contributed by atoms with Crippen molar-refractivity contribution in [3.05, 3.63) is 52.8 Å². The molecule has 0 N–H and O–H groups in total. The summed E-state index contributed by atoms with van der Waals surface area (Å²) in [4.78, 5) is 22.3. The van der Waals surface area contributed by atoms with E-state index >= 15 is 0 Å². The third-order valence-electron chi connectivity index (χ3n) is 2.93. The number of ketones is 1. The molecule has 0 saturated heterocycles. The summed E-state index contributed by atoms with van der Waals surface area (Å²) in [6.07, 6.45) is 3.46. The molecular formula is C16H16BrN3O. The summed E-state index contributed by atoms with van der Waals surface area (Å²) in [7, 11) is 3.98. The lowest BCUT2D eigenvalue weighted by molar-refractivity contribution is 0.100. The number of rotatable bonds is 5. The molecule has 0 radical (unpaired) electrons. The van der Waals surface area contributed by atoms with Crippen LogP contribution < -0.4 is 4.90 Å².